The van der Waals surface area contributed by atoms with Gasteiger partial charge in [0, 0.05) is 0 Å². The third-order valence-corrected chi connectivity index (χ3v) is 3.71. The van der Waals surface area contributed by atoms with Crippen LogP contribution in [0, 0.1) is 0 Å². The van der Waals surface area contributed by atoms with E-state index < -0.39 is 58.9 Å². The second-order valence-electron chi connectivity index (χ2n) is 5.59. The van der Waals surface area contributed by atoms with Gasteiger partial charge < -0.3 is 0 Å². The van der Waals surface area contributed by atoms with E-state index in [0.29, 0.717) is 0 Å². The summed E-state index contributed by atoms with van der Waals surface area (Å²) < 4.78 is 267. The van der Waals surface area contributed by atoms with Gasteiger partial charge in [0.15, 0.2) is 0 Å². The van der Waals surface area contributed by atoms with E-state index in [2.05, 4.69) is 11.6 Å². The molecule has 0 aromatic carbocycles. The van der Waals surface area contributed by atoms with Crippen LogP contribution in [0.15, 0.2) is 0 Å². The van der Waals surface area contributed by atoms with Crippen molar-refractivity contribution in [2.45, 2.75) is 58.9 Å². The highest BCUT2D eigenvalue weighted by Gasteiger charge is 2.97. The molecule has 0 radical (unpaired) electrons. The van der Waals surface area contributed by atoms with E-state index in [1.807, 2.05) is 0 Å². The van der Waals surface area contributed by atoms with Crippen molar-refractivity contribution in [3.63, 3.8) is 0 Å². The number of hydrogen-bond donors (Lipinski definition) is 0. The van der Waals surface area contributed by atoms with E-state index >= 15 is 0 Å². The van der Waals surface area contributed by atoms with Crippen LogP contribution < -0.4 is 0 Å². The van der Waals surface area contributed by atoms with Crippen molar-refractivity contribution in [3.8, 4) is 0 Å². The van der Waals surface area contributed by atoms with Crippen LogP contribution in [0.4, 0.5) is 92.2 Å². The van der Waals surface area contributed by atoms with Crippen molar-refractivity contribution in [2.75, 3.05) is 0 Å². The quantitative estimate of drug-likeness (QED) is 0.216. The summed E-state index contributed by atoms with van der Waals surface area (Å²) in [6.45, 7) is 0. The highest BCUT2D eigenvalue weighted by Crippen LogP contribution is 2.66. The predicted octanol–water partition coefficient (Wildman–Crippen LogP) is 7.46. The largest absolute Gasteiger partial charge is 0.460 e. The van der Waals surface area contributed by atoms with Crippen LogP contribution in [0.25, 0.3) is 0 Å². The summed E-state index contributed by atoms with van der Waals surface area (Å²) in [6.07, 6.45) is -7.99. The van der Waals surface area contributed by atoms with E-state index in [4.69, 9.17) is 0 Å². The Labute approximate surface area is 164 Å². The highest BCUT2D eigenvalue weighted by molar-refractivity contribution is 6.22. The molecule has 0 nitrogen and oxygen atoms in total. The van der Waals surface area contributed by atoms with Gasteiger partial charge in [0.2, 0.25) is 0 Å². The molecule has 0 aliphatic rings. The van der Waals surface area contributed by atoms with Gasteiger partial charge in [-0.3, -0.25) is 0 Å². The molecular formula is C10ClF21. The van der Waals surface area contributed by atoms with Crippen molar-refractivity contribution in [3.05, 3.63) is 0 Å². The minimum atomic E-state index is -9.16. The van der Waals surface area contributed by atoms with Crippen LogP contribution in [0.1, 0.15) is 0 Å². The van der Waals surface area contributed by atoms with Crippen LogP contribution >= 0.6 is 11.6 Å². The summed E-state index contributed by atoms with van der Waals surface area (Å²) in [7, 11) is 0. The molecule has 32 heavy (non-hydrogen) atoms. The van der Waals surface area contributed by atoms with E-state index in [1.54, 1.807) is 0 Å². The second kappa shape index (κ2) is 7.16. The van der Waals surface area contributed by atoms with E-state index in [0.717, 1.165) is 0 Å². The SMILES string of the molecule is FC(F)(F)C(F)(F)C(F)(F)C(F)(F)C(F)(F)C(F)(F)C(F)(F)C(F)(F)C(F)(F)C(F)(F)Cl. The molecule has 0 aliphatic heterocycles. The molecule has 0 bridgehead atoms. The number of rotatable bonds is 8. The molecule has 0 aromatic rings. The minimum absolute atomic E-state index is 3.23. The van der Waals surface area contributed by atoms with Gasteiger partial charge in [-0.15, -0.1) is 0 Å². The first-order valence-electron chi connectivity index (χ1n) is 6.41. The molecule has 0 saturated carbocycles. The lowest BCUT2D eigenvalue weighted by atomic mass is 9.87. The Bertz CT molecular complexity index is 632. The van der Waals surface area contributed by atoms with Crippen LogP contribution in [-0.2, 0) is 0 Å². The first-order chi connectivity index (χ1) is 13.2. The Kier molecular flexibility index (Phi) is 6.89. The van der Waals surface area contributed by atoms with Gasteiger partial charge in [0.25, 0.3) is 0 Å². The monoisotopic (exact) mass is 554 g/mol. The molecular weight excluding hydrogens is 555 g/mol. The summed E-state index contributed by atoms with van der Waals surface area (Å²) in [4.78, 5) is 0. The molecule has 0 heterocycles. The molecule has 22 heteroatoms. The molecule has 0 atom stereocenters. The lowest BCUT2D eigenvalue weighted by Crippen LogP contribution is -2.76. The number of halogens is 22. The Morgan fingerprint density at radius 1 is 0.250 bits per heavy atom. The standard InChI is InChI=1S/C10ClF21/c11-9(28,29)7(24,25)5(20,21)3(16,17)1(12,13)2(14,15)4(18,19)6(22,23)8(26,27)10(30,31)32. The van der Waals surface area contributed by atoms with Crippen LogP contribution in [0.5, 0.6) is 0 Å². The average Bonchev–Trinajstić information content (AvgIpc) is 2.51. The molecule has 0 aliphatic carbocycles. The first kappa shape index (κ1) is 30.8. The molecule has 0 spiro atoms. The van der Waals surface area contributed by atoms with Gasteiger partial charge >= 0.3 is 58.9 Å². The number of hydrogen-bond acceptors (Lipinski definition) is 0. The molecule has 0 rings (SSSR count). The van der Waals surface area contributed by atoms with Crippen LogP contribution in [0.3, 0.4) is 0 Å². The lowest BCUT2D eigenvalue weighted by molar-refractivity contribution is -0.472. The van der Waals surface area contributed by atoms with Gasteiger partial charge in [-0.05, 0) is 11.6 Å². The van der Waals surface area contributed by atoms with Crippen molar-refractivity contribution >= 4 is 11.6 Å². The van der Waals surface area contributed by atoms with Gasteiger partial charge in [-0.1, -0.05) is 0 Å². The van der Waals surface area contributed by atoms with Gasteiger partial charge in [0.05, 0.1) is 0 Å². The van der Waals surface area contributed by atoms with E-state index in [9.17, 15) is 92.2 Å². The van der Waals surface area contributed by atoms with E-state index in [1.165, 1.54) is 0 Å². The fourth-order valence-electron chi connectivity index (χ4n) is 1.54. The number of alkyl halides is 22. The summed E-state index contributed by atoms with van der Waals surface area (Å²) in [5.74, 6) is -70.3. The molecule has 194 valence electrons. The third kappa shape index (κ3) is 3.50. The smallest absolute Gasteiger partial charge is 0.192 e. The van der Waals surface area contributed by atoms with Crippen molar-refractivity contribution in [2.24, 2.45) is 0 Å². The maximum absolute atomic E-state index is 13.2. The van der Waals surface area contributed by atoms with Gasteiger partial charge in [-0.2, -0.15) is 92.2 Å². The zero-order valence-electron chi connectivity index (χ0n) is 13.3. The summed E-state index contributed by atoms with van der Waals surface area (Å²) in [5.41, 5.74) is 0. The van der Waals surface area contributed by atoms with Crippen LogP contribution in [0.2, 0.25) is 0 Å². The molecule has 0 saturated heterocycles. The fraction of sp³-hybridized carbons (Fsp3) is 1.00. The zero-order chi connectivity index (χ0) is 27.0. The first-order valence-corrected chi connectivity index (χ1v) is 6.79. The maximum Gasteiger partial charge on any atom is 0.460 e. The maximum atomic E-state index is 13.2. The molecule has 0 unspecified atom stereocenters. The van der Waals surface area contributed by atoms with Crippen molar-refractivity contribution in [1.82, 2.24) is 0 Å². The van der Waals surface area contributed by atoms with Crippen molar-refractivity contribution < 1.29 is 92.2 Å². The highest BCUT2D eigenvalue weighted by atomic mass is 35.5. The normalized spacial score (nSPS) is 17.1. The fourth-order valence-corrected chi connectivity index (χ4v) is 1.66. The van der Waals surface area contributed by atoms with Gasteiger partial charge in [-0.25, -0.2) is 0 Å². The molecule has 0 aromatic heterocycles. The molecule has 0 N–H and O–H groups in total. The third-order valence-electron chi connectivity index (χ3n) is 3.47. The minimum Gasteiger partial charge on any atom is -0.192 e. The molecule has 0 fully saturated rings. The Morgan fingerprint density at radius 2 is 0.406 bits per heavy atom. The molecule has 0 amide bonds. The van der Waals surface area contributed by atoms with Crippen LogP contribution in [-0.4, -0.2) is 58.9 Å². The predicted molar refractivity (Wildman–Crippen MR) is 56.4 cm³/mol. The lowest BCUT2D eigenvalue weighted by Gasteiger charge is -2.44. The topological polar surface area (TPSA) is 0 Å². The Balaban J connectivity index is 7.00. The summed E-state index contributed by atoms with van der Waals surface area (Å²) in [5, 5.41) is -7.05. The Morgan fingerprint density at radius 3 is 0.562 bits per heavy atom. The summed E-state index contributed by atoms with van der Waals surface area (Å²) in [6, 6.07) is 0. The summed E-state index contributed by atoms with van der Waals surface area (Å²) >= 11 is 3.23. The zero-order valence-corrected chi connectivity index (χ0v) is 14.1. The van der Waals surface area contributed by atoms with Gasteiger partial charge in [0.1, 0.15) is 0 Å². The average molecular weight is 555 g/mol. The Hall–Kier alpha value is -1.18. The second-order valence-corrected chi connectivity index (χ2v) is 6.07. The van der Waals surface area contributed by atoms with Crippen molar-refractivity contribution in [1.29, 1.82) is 0 Å². The van der Waals surface area contributed by atoms with E-state index in [-0.39, 0.29) is 0 Å².